The van der Waals surface area contributed by atoms with Crippen molar-refractivity contribution in [3.05, 3.63) is 11.6 Å². The molecule has 2 heteroatoms. The number of aliphatic hydroxyl groups excluding tert-OH is 1. The van der Waals surface area contributed by atoms with Crippen LogP contribution in [0.1, 0.15) is 26.7 Å². The average Bonchev–Trinajstić information content (AvgIpc) is 2.01. The number of hydrogen-bond acceptors (Lipinski definition) is 2. The summed E-state index contributed by atoms with van der Waals surface area (Å²) in [5, 5.41) is 17.0. The number of allylic oxidation sites excluding steroid dienone is 1. The van der Waals surface area contributed by atoms with E-state index in [2.05, 4.69) is 6.07 Å². The largest absolute Gasteiger partial charge is 0.392 e. The smallest absolute Gasteiger partial charge is 0.0652 e. The van der Waals surface area contributed by atoms with Gasteiger partial charge in [-0.1, -0.05) is 11.6 Å². The first-order valence-electron chi connectivity index (χ1n) is 3.86. The molecule has 0 saturated heterocycles. The van der Waals surface area contributed by atoms with Crippen molar-refractivity contribution in [2.45, 2.75) is 26.7 Å². The molecular formula is C9H15NO. The van der Waals surface area contributed by atoms with Crippen LogP contribution < -0.4 is 0 Å². The van der Waals surface area contributed by atoms with Crippen LogP contribution in [0.4, 0.5) is 0 Å². The van der Waals surface area contributed by atoms with Crippen LogP contribution in [0.25, 0.3) is 0 Å². The monoisotopic (exact) mass is 153 g/mol. The van der Waals surface area contributed by atoms with Gasteiger partial charge >= 0.3 is 0 Å². The molecule has 0 radical (unpaired) electrons. The highest BCUT2D eigenvalue weighted by Crippen LogP contribution is 2.09. The van der Waals surface area contributed by atoms with Crippen LogP contribution in [0.2, 0.25) is 0 Å². The summed E-state index contributed by atoms with van der Waals surface area (Å²) in [5.41, 5.74) is 1.16. The van der Waals surface area contributed by atoms with E-state index in [1.165, 1.54) is 0 Å². The molecule has 0 heterocycles. The molecule has 0 aliphatic carbocycles. The summed E-state index contributed by atoms with van der Waals surface area (Å²) in [4.78, 5) is 0. The van der Waals surface area contributed by atoms with Crippen LogP contribution in [0, 0.1) is 17.2 Å². The van der Waals surface area contributed by atoms with Gasteiger partial charge in [0.1, 0.15) is 0 Å². The molecule has 2 nitrogen and oxygen atoms in total. The fraction of sp³-hybridized carbons (Fsp3) is 0.667. The Balaban J connectivity index is 3.55. The normalized spacial score (nSPS) is 14.2. The molecule has 0 fully saturated rings. The third-order valence-corrected chi connectivity index (χ3v) is 1.63. The third-order valence-electron chi connectivity index (χ3n) is 1.63. The lowest BCUT2D eigenvalue weighted by molar-refractivity contribution is 0.341. The van der Waals surface area contributed by atoms with E-state index in [1.807, 2.05) is 13.8 Å². The van der Waals surface area contributed by atoms with Gasteiger partial charge in [-0.3, -0.25) is 0 Å². The van der Waals surface area contributed by atoms with E-state index in [1.54, 1.807) is 6.08 Å². The molecule has 0 spiro atoms. The Hall–Kier alpha value is -0.810. The fourth-order valence-electron chi connectivity index (χ4n) is 0.767. The van der Waals surface area contributed by atoms with Crippen LogP contribution in [0.5, 0.6) is 0 Å². The summed E-state index contributed by atoms with van der Waals surface area (Å²) in [6.45, 7) is 3.99. The molecule has 0 aromatic carbocycles. The van der Waals surface area contributed by atoms with Gasteiger partial charge in [-0.25, -0.2) is 0 Å². The second-order valence-corrected chi connectivity index (χ2v) is 2.80. The predicted octanol–water partition coefficient (Wildman–Crippen LogP) is 1.86. The van der Waals surface area contributed by atoms with Crippen molar-refractivity contribution >= 4 is 0 Å². The highest BCUT2D eigenvalue weighted by atomic mass is 16.2. The molecule has 0 aromatic heterocycles. The molecule has 11 heavy (non-hydrogen) atoms. The summed E-state index contributed by atoms with van der Waals surface area (Å²) in [7, 11) is 0. The summed E-state index contributed by atoms with van der Waals surface area (Å²) in [5.74, 6) is 0.122. The van der Waals surface area contributed by atoms with Crippen molar-refractivity contribution in [1.82, 2.24) is 0 Å². The van der Waals surface area contributed by atoms with Crippen molar-refractivity contribution in [3.8, 4) is 6.07 Å². The second kappa shape index (κ2) is 5.94. The van der Waals surface area contributed by atoms with E-state index >= 15 is 0 Å². The minimum atomic E-state index is 0.104. The van der Waals surface area contributed by atoms with Crippen molar-refractivity contribution in [1.29, 1.82) is 5.26 Å². The van der Waals surface area contributed by atoms with Gasteiger partial charge in [0.15, 0.2) is 0 Å². The molecular weight excluding hydrogens is 138 g/mol. The zero-order valence-electron chi connectivity index (χ0n) is 7.17. The number of nitriles is 1. The van der Waals surface area contributed by atoms with E-state index in [9.17, 15) is 0 Å². The van der Waals surface area contributed by atoms with Gasteiger partial charge < -0.3 is 5.11 Å². The lowest BCUT2D eigenvalue weighted by Crippen LogP contribution is -1.90. The Kier molecular flexibility index (Phi) is 5.50. The van der Waals surface area contributed by atoms with Crippen LogP contribution in [0.3, 0.4) is 0 Å². The maximum absolute atomic E-state index is 8.52. The Morgan fingerprint density at radius 1 is 1.73 bits per heavy atom. The standard InChI is InChI=1S/C9H15NO/c1-8(5-6-11)3-4-9(2)7-10/h5,9,11H,3-4,6H2,1-2H3/b8-5-. The first-order chi connectivity index (χ1) is 5.20. The van der Waals surface area contributed by atoms with Gasteiger partial charge in [-0.2, -0.15) is 5.26 Å². The zero-order valence-corrected chi connectivity index (χ0v) is 7.17. The van der Waals surface area contributed by atoms with E-state index in [4.69, 9.17) is 10.4 Å². The van der Waals surface area contributed by atoms with E-state index < -0.39 is 0 Å². The predicted molar refractivity (Wildman–Crippen MR) is 44.9 cm³/mol. The van der Waals surface area contributed by atoms with Gasteiger partial charge in [0, 0.05) is 5.92 Å². The molecule has 0 aromatic rings. The minimum Gasteiger partial charge on any atom is -0.392 e. The molecule has 0 saturated carbocycles. The zero-order chi connectivity index (χ0) is 8.69. The van der Waals surface area contributed by atoms with Gasteiger partial charge in [-0.05, 0) is 26.7 Å². The highest BCUT2D eigenvalue weighted by molar-refractivity contribution is 4.98. The lowest BCUT2D eigenvalue weighted by Gasteiger charge is -2.01. The molecule has 0 aliphatic rings. The quantitative estimate of drug-likeness (QED) is 0.626. The number of hydrogen-bond donors (Lipinski definition) is 1. The number of nitrogens with zero attached hydrogens (tertiary/aromatic N) is 1. The summed E-state index contributed by atoms with van der Waals surface area (Å²) in [6, 6.07) is 2.17. The van der Waals surface area contributed by atoms with Crippen molar-refractivity contribution in [2.75, 3.05) is 6.61 Å². The number of rotatable bonds is 4. The SMILES string of the molecule is C/C(=C/CO)CCC(C)C#N. The lowest BCUT2D eigenvalue weighted by atomic mass is 10.0. The molecule has 1 N–H and O–H groups in total. The molecule has 0 amide bonds. The van der Waals surface area contributed by atoms with Crippen LogP contribution in [0.15, 0.2) is 11.6 Å². The Morgan fingerprint density at radius 3 is 2.82 bits per heavy atom. The molecule has 62 valence electrons. The number of aliphatic hydroxyl groups is 1. The Labute approximate surface area is 68.2 Å². The Bertz CT molecular complexity index is 167. The average molecular weight is 153 g/mol. The van der Waals surface area contributed by atoms with Crippen LogP contribution in [-0.4, -0.2) is 11.7 Å². The minimum absolute atomic E-state index is 0.104. The maximum atomic E-state index is 8.52. The highest BCUT2D eigenvalue weighted by Gasteiger charge is 1.98. The van der Waals surface area contributed by atoms with Crippen LogP contribution in [-0.2, 0) is 0 Å². The van der Waals surface area contributed by atoms with Crippen molar-refractivity contribution in [3.63, 3.8) is 0 Å². The van der Waals surface area contributed by atoms with E-state index in [-0.39, 0.29) is 12.5 Å². The molecule has 1 atom stereocenters. The van der Waals surface area contributed by atoms with Gasteiger partial charge in [0.25, 0.3) is 0 Å². The molecule has 1 unspecified atom stereocenters. The third kappa shape index (κ3) is 5.63. The first kappa shape index (κ1) is 10.2. The van der Waals surface area contributed by atoms with Gasteiger partial charge in [-0.15, -0.1) is 0 Å². The second-order valence-electron chi connectivity index (χ2n) is 2.80. The molecule has 0 rings (SSSR count). The Morgan fingerprint density at radius 2 is 2.36 bits per heavy atom. The molecule has 0 aliphatic heterocycles. The van der Waals surface area contributed by atoms with Crippen molar-refractivity contribution in [2.24, 2.45) is 5.92 Å². The van der Waals surface area contributed by atoms with E-state index in [0.717, 1.165) is 18.4 Å². The van der Waals surface area contributed by atoms with Gasteiger partial charge in [0.05, 0.1) is 12.7 Å². The summed E-state index contributed by atoms with van der Waals surface area (Å²) in [6.07, 6.45) is 3.58. The maximum Gasteiger partial charge on any atom is 0.0652 e. The summed E-state index contributed by atoms with van der Waals surface area (Å²) >= 11 is 0. The van der Waals surface area contributed by atoms with Crippen LogP contribution >= 0.6 is 0 Å². The topological polar surface area (TPSA) is 44.0 Å². The fourth-order valence-corrected chi connectivity index (χ4v) is 0.767. The summed E-state index contributed by atoms with van der Waals surface area (Å²) < 4.78 is 0. The van der Waals surface area contributed by atoms with Gasteiger partial charge in [0.2, 0.25) is 0 Å². The molecule has 0 bridgehead atoms. The van der Waals surface area contributed by atoms with Crippen molar-refractivity contribution < 1.29 is 5.11 Å². The van der Waals surface area contributed by atoms with E-state index in [0.29, 0.717) is 0 Å². The first-order valence-corrected chi connectivity index (χ1v) is 3.86.